The molecule has 0 aliphatic carbocycles. The van der Waals surface area contributed by atoms with E-state index in [1.54, 1.807) is 31.3 Å². The first-order valence-electron chi connectivity index (χ1n) is 11.5. The quantitative estimate of drug-likeness (QED) is 0.635. The second kappa shape index (κ2) is 8.16. The van der Waals surface area contributed by atoms with Crippen LogP contribution in [-0.4, -0.2) is 67.6 Å². The number of aromatic nitrogens is 4. The molecule has 4 heterocycles. The van der Waals surface area contributed by atoms with Crippen LogP contribution in [0.15, 0.2) is 47.4 Å². The van der Waals surface area contributed by atoms with Gasteiger partial charge in [0.05, 0.1) is 17.3 Å². The van der Waals surface area contributed by atoms with Crippen molar-refractivity contribution >= 4 is 5.82 Å². The van der Waals surface area contributed by atoms with Crippen LogP contribution >= 0.6 is 0 Å². The summed E-state index contributed by atoms with van der Waals surface area (Å²) in [6.45, 7) is 2.02. The fraction of sp³-hybridized carbons (Fsp3) is 0.440. The third-order valence-electron chi connectivity index (χ3n) is 7.89. The van der Waals surface area contributed by atoms with E-state index >= 15 is 4.39 Å². The third kappa shape index (κ3) is 3.46. The van der Waals surface area contributed by atoms with E-state index in [0.29, 0.717) is 34.5 Å². The molecule has 1 unspecified atom stereocenters. The van der Waals surface area contributed by atoms with Gasteiger partial charge in [-0.05, 0) is 57.5 Å². The van der Waals surface area contributed by atoms with Gasteiger partial charge in [-0.3, -0.25) is 14.3 Å². The van der Waals surface area contributed by atoms with Crippen LogP contribution in [0.4, 0.5) is 10.2 Å². The van der Waals surface area contributed by atoms with Gasteiger partial charge in [-0.1, -0.05) is 6.07 Å². The molecule has 0 amide bonds. The van der Waals surface area contributed by atoms with E-state index in [1.807, 2.05) is 32.0 Å². The van der Waals surface area contributed by atoms with Gasteiger partial charge in [-0.2, -0.15) is 0 Å². The Hall–Kier alpha value is -3.33. The molecule has 2 aliphatic heterocycles. The molecule has 2 bridgehead atoms. The molecule has 2 aliphatic rings. The average Bonchev–Trinajstić information content (AvgIpc) is 3.04. The summed E-state index contributed by atoms with van der Waals surface area (Å²) in [5.74, 6) is 1.07. The number of hydrogen-bond donors (Lipinski definition) is 1. The maximum Gasteiger partial charge on any atom is 0.253 e. The van der Waals surface area contributed by atoms with E-state index in [4.69, 9.17) is 0 Å². The van der Waals surface area contributed by atoms with Crippen LogP contribution in [-0.2, 0) is 7.05 Å². The molecule has 8 nitrogen and oxygen atoms in total. The summed E-state index contributed by atoms with van der Waals surface area (Å²) < 4.78 is 17.0. The number of halogens is 1. The van der Waals surface area contributed by atoms with Gasteiger partial charge in [0.15, 0.2) is 5.82 Å². The Bertz CT molecular complexity index is 1280. The highest BCUT2D eigenvalue weighted by atomic mass is 19.1. The summed E-state index contributed by atoms with van der Waals surface area (Å²) in [6.07, 6.45) is 3.10. The highest BCUT2D eigenvalue weighted by Gasteiger charge is 2.55. The molecule has 34 heavy (non-hydrogen) atoms. The van der Waals surface area contributed by atoms with Gasteiger partial charge in [-0.15, -0.1) is 10.2 Å². The number of aromatic hydroxyl groups is 1. The molecule has 2 saturated heterocycles. The number of nitrogens with zero attached hydrogens (tertiary/aromatic N) is 6. The van der Waals surface area contributed by atoms with Gasteiger partial charge in [0, 0.05) is 43.5 Å². The average molecular weight is 465 g/mol. The summed E-state index contributed by atoms with van der Waals surface area (Å²) in [6, 6.07) is 10.2. The number of hydrogen-bond acceptors (Lipinski definition) is 7. The Labute approximate surface area is 197 Å². The van der Waals surface area contributed by atoms with Crippen molar-refractivity contribution < 1.29 is 9.50 Å². The monoisotopic (exact) mass is 464 g/mol. The summed E-state index contributed by atoms with van der Waals surface area (Å²) >= 11 is 0. The number of piperidine rings is 1. The highest BCUT2D eigenvalue weighted by molar-refractivity contribution is 5.72. The second-order valence-corrected chi connectivity index (χ2v) is 9.65. The maximum atomic E-state index is 15.5. The lowest BCUT2D eigenvalue weighted by molar-refractivity contribution is 0.00185. The molecule has 4 atom stereocenters. The largest absolute Gasteiger partial charge is 0.507 e. The Kier molecular flexibility index (Phi) is 5.39. The van der Waals surface area contributed by atoms with E-state index in [9.17, 15) is 9.90 Å². The number of benzene rings is 1. The Morgan fingerprint density at radius 1 is 1.18 bits per heavy atom. The van der Waals surface area contributed by atoms with Gasteiger partial charge >= 0.3 is 0 Å². The van der Waals surface area contributed by atoms with Crippen LogP contribution in [0.2, 0.25) is 0 Å². The zero-order valence-electron chi connectivity index (χ0n) is 19.8. The molecule has 0 saturated carbocycles. The standard InChI is InChI=1S/C25H29FN6O2/c1-25-11-9-16(32(25)4)14-19(23(25)26)30(2)21-8-7-18(28-29-21)17-6-5-15(13-20(17)33)24-27-12-10-22(34)31(24)3/h5-8,10,12-13,16,19,23,33H,9,11,14H2,1-4H3/t16?,19-,23+,25+/m1/s1. The van der Waals surface area contributed by atoms with Gasteiger partial charge in [0.1, 0.15) is 17.7 Å². The molecule has 2 fully saturated rings. The van der Waals surface area contributed by atoms with E-state index < -0.39 is 11.7 Å². The molecular weight excluding hydrogens is 435 g/mol. The maximum absolute atomic E-state index is 15.5. The first-order valence-corrected chi connectivity index (χ1v) is 11.5. The molecule has 1 aromatic carbocycles. The van der Waals surface area contributed by atoms with Crippen LogP contribution in [0.5, 0.6) is 5.75 Å². The summed E-state index contributed by atoms with van der Waals surface area (Å²) in [4.78, 5) is 20.2. The van der Waals surface area contributed by atoms with Crippen LogP contribution < -0.4 is 10.5 Å². The van der Waals surface area contributed by atoms with E-state index in [0.717, 1.165) is 19.3 Å². The molecule has 0 spiro atoms. The molecule has 0 radical (unpaired) electrons. The van der Waals surface area contributed by atoms with Crippen molar-refractivity contribution in [1.29, 1.82) is 0 Å². The zero-order chi connectivity index (χ0) is 24.2. The number of anilines is 1. The van der Waals surface area contributed by atoms with Crippen molar-refractivity contribution in [1.82, 2.24) is 24.6 Å². The first-order chi connectivity index (χ1) is 16.2. The minimum Gasteiger partial charge on any atom is -0.507 e. The molecule has 2 aromatic heterocycles. The molecule has 9 heteroatoms. The lowest BCUT2D eigenvalue weighted by atomic mass is 9.84. The second-order valence-electron chi connectivity index (χ2n) is 9.65. The number of alkyl halides is 1. The van der Waals surface area contributed by atoms with Crippen molar-refractivity contribution in [2.45, 2.75) is 50.0 Å². The van der Waals surface area contributed by atoms with Crippen molar-refractivity contribution in [3.05, 3.63) is 52.9 Å². The summed E-state index contributed by atoms with van der Waals surface area (Å²) in [5, 5.41) is 19.3. The molecule has 5 rings (SSSR count). The molecule has 1 N–H and O–H groups in total. The van der Waals surface area contributed by atoms with Crippen molar-refractivity contribution in [2.24, 2.45) is 7.05 Å². The third-order valence-corrected chi connectivity index (χ3v) is 7.89. The minimum atomic E-state index is -0.984. The lowest BCUT2D eigenvalue weighted by Gasteiger charge is -2.49. The summed E-state index contributed by atoms with van der Waals surface area (Å²) in [7, 11) is 5.53. The first kappa shape index (κ1) is 22.5. The topological polar surface area (TPSA) is 87.4 Å². The van der Waals surface area contributed by atoms with Crippen molar-refractivity contribution in [3.8, 4) is 28.4 Å². The lowest BCUT2D eigenvalue weighted by Crippen LogP contribution is -2.62. The highest BCUT2D eigenvalue weighted by Crippen LogP contribution is 2.46. The number of phenols is 1. The van der Waals surface area contributed by atoms with Crippen LogP contribution in [0, 0.1) is 0 Å². The number of rotatable bonds is 4. The Morgan fingerprint density at radius 3 is 2.68 bits per heavy atom. The van der Waals surface area contributed by atoms with E-state index in [1.165, 1.54) is 16.8 Å². The zero-order valence-corrected chi connectivity index (χ0v) is 19.8. The van der Waals surface area contributed by atoms with Gasteiger partial charge in [-0.25, -0.2) is 9.37 Å². The number of phenolic OH excluding ortho intramolecular Hbond substituents is 1. The van der Waals surface area contributed by atoms with E-state index in [2.05, 4.69) is 20.1 Å². The predicted octanol–water partition coefficient (Wildman–Crippen LogP) is 3.01. The van der Waals surface area contributed by atoms with Crippen molar-refractivity contribution in [3.63, 3.8) is 0 Å². The fourth-order valence-corrected chi connectivity index (χ4v) is 5.48. The SMILES string of the molecule is CN(c1ccc(-c2ccc(-c3nccc(=O)n3C)cc2O)nn1)[C@@H]1CC2CC[C@@](C)([C@H]1F)N2C. The van der Waals surface area contributed by atoms with Crippen LogP contribution in [0.25, 0.3) is 22.6 Å². The predicted molar refractivity (Wildman–Crippen MR) is 128 cm³/mol. The molecule has 178 valence electrons. The smallest absolute Gasteiger partial charge is 0.253 e. The minimum absolute atomic E-state index is 0.00893. The summed E-state index contributed by atoms with van der Waals surface area (Å²) in [5.41, 5.74) is 1.01. The van der Waals surface area contributed by atoms with Crippen molar-refractivity contribution in [2.75, 3.05) is 19.0 Å². The van der Waals surface area contributed by atoms with Crippen LogP contribution in [0.1, 0.15) is 26.2 Å². The van der Waals surface area contributed by atoms with Gasteiger partial charge < -0.3 is 10.0 Å². The van der Waals surface area contributed by atoms with Gasteiger partial charge in [0.25, 0.3) is 5.56 Å². The number of fused-ring (bicyclic) bond motifs is 2. The van der Waals surface area contributed by atoms with Gasteiger partial charge in [0.2, 0.25) is 0 Å². The fourth-order valence-electron chi connectivity index (χ4n) is 5.48. The normalized spacial score (nSPS) is 26.6. The van der Waals surface area contributed by atoms with E-state index in [-0.39, 0.29) is 17.4 Å². The molecule has 3 aromatic rings. The molecular formula is C25H29FN6O2. The van der Waals surface area contributed by atoms with Crippen LogP contribution in [0.3, 0.4) is 0 Å². The Balaban J connectivity index is 1.38. The Morgan fingerprint density at radius 2 is 1.97 bits per heavy atom.